The van der Waals surface area contributed by atoms with Crippen molar-refractivity contribution in [3.63, 3.8) is 0 Å². The van der Waals surface area contributed by atoms with Crippen LogP contribution >= 0.6 is 11.3 Å². The Hall–Kier alpha value is -0.890. The lowest BCUT2D eigenvalue weighted by Crippen LogP contribution is -1.72. The second-order valence-corrected chi connectivity index (χ2v) is 3.13. The van der Waals surface area contributed by atoms with Crippen molar-refractivity contribution in [2.24, 2.45) is 0 Å². The summed E-state index contributed by atoms with van der Waals surface area (Å²) < 4.78 is 0. The van der Waals surface area contributed by atoms with Crippen LogP contribution in [-0.2, 0) is 0 Å². The van der Waals surface area contributed by atoms with Crippen LogP contribution in [0.15, 0.2) is 13.2 Å². The van der Waals surface area contributed by atoms with Gasteiger partial charge in [0.1, 0.15) is 0 Å². The Bertz CT molecular complexity index is 236. The standard InChI is InChI=1S/C8H9NS.3C2H6/c1-4-7-8(5-2)10-6(3)9-7;3*1-2/h4-5H,1-2H2,3H3;3*1-2H3. The Labute approximate surface area is 106 Å². The zero-order valence-electron chi connectivity index (χ0n) is 11.9. The van der Waals surface area contributed by atoms with Gasteiger partial charge in [0.2, 0.25) is 0 Å². The lowest BCUT2D eigenvalue weighted by Gasteiger charge is -1.83. The summed E-state index contributed by atoms with van der Waals surface area (Å²) in [5.41, 5.74) is 0.942. The zero-order chi connectivity index (χ0) is 13.6. The third-order valence-corrected chi connectivity index (χ3v) is 2.15. The lowest BCUT2D eigenvalue weighted by molar-refractivity contribution is 1.27. The van der Waals surface area contributed by atoms with E-state index >= 15 is 0 Å². The van der Waals surface area contributed by atoms with E-state index in [1.807, 2.05) is 54.5 Å². The molecule has 16 heavy (non-hydrogen) atoms. The van der Waals surface area contributed by atoms with Gasteiger partial charge in [-0.05, 0) is 19.1 Å². The summed E-state index contributed by atoms with van der Waals surface area (Å²) in [6.07, 6.45) is 3.56. The molecule has 1 aromatic heterocycles. The number of thiazole rings is 1. The van der Waals surface area contributed by atoms with Crippen LogP contribution in [0.4, 0.5) is 0 Å². The van der Waals surface area contributed by atoms with E-state index in [0.717, 1.165) is 15.6 Å². The molecule has 0 aliphatic rings. The monoisotopic (exact) mass is 241 g/mol. The average molecular weight is 241 g/mol. The van der Waals surface area contributed by atoms with Crippen molar-refractivity contribution >= 4 is 23.5 Å². The van der Waals surface area contributed by atoms with E-state index < -0.39 is 0 Å². The van der Waals surface area contributed by atoms with E-state index in [1.165, 1.54) is 0 Å². The van der Waals surface area contributed by atoms with Gasteiger partial charge in [0, 0.05) is 0 Å². The maximum absolute atomic E-state index is 4.23. The van der Waals surface area contributed by atoms with Gasteiger partial charge in [0.15, 0.2) is 0 Å². The molecule has 0 aliphatic heterocycles. The Morgan fingerprint density at radius 2 is 1.38 bits per heavy atom. The highest BCUT2D eigenvalue weighted by atomic mass is 32.1. The molecule has 0 amide bonds. The van der Waals surface area contributed by atoms with Crippen molar-refractivity contribution in [3.8, 4) is 0 Å². The van der Waals surface area contributed by atoms with Crippen molar-refractivity contribution in [3.05, 3.63) is 28.7 Å². The van der Waals surface area contributed by atoms with Crippen LogP contribution in [-0.4, -0.2) is 4.98 Å². The molecule has 1 nitrogen and oxygen atoms in total. The van der Waals surface area contributed by atoms with Crippen molar-refractivity contribution in [1.82, 2.24) is 4.98 Å². The summed E-state index contributed by atoms with van der Waals surface area (Å²) in [6.45, 7) is 21.3. The molecule has 0 radical (unpaired) electrons. The number of aromatic nitrogens is 1. The number of hydrogen-bond acceptors (Lipinski definition) is 2. The van der Waals surface area contributed by atoms with Gasteiger partial charge in [-0.1, -0.05) is 54.7 Å². The molecule has 0 aliphatic carbocycles. The predicted octanol–water partition coefficient (Wildman–Crippen LogP) is 5.82. The summed E-state index contributed by atoms with van der Waals surface area (Å²) in [5.74, 6) is 0. The largest absolute Gasteiger partial charge is 0.242 e. The van der Waals surface area contributed by atoms with Crippen LogP contribution in [0.25, 0.3) is 12.2 Å². The quantitative estimate of drug-likeness (QED) is 0.636. The molecule has 0 saturated heterocycles. The van der Waals surface area contributed by atoms with Gasteiger partial charge in [-0.25, -0.2) is 4.98 Å². The van der Waals surface area contributed by atoms with E-state index in [2.05, 4.69) is 18.1 Å². The first kappa shape index (κ1) is 20.5. The Balaban J connectivity index is -0.000000245. The average Bonchev–Trinajstić information content (AvgIpc) is 2.77. The summed E-state index contributed by atoms with van der Waals surface area (Å²) in [5, 5.41) is 1.06. The first-order valence-corrected chi connectivity index (χ1v) is 6.82. The molecule has 0 spiro atoms. The molecule has 0 atom stereocenters. The highest BCUT2D eigenvalue weighted by molar-refractivity contribution is 7.12. The normalized spacial score (nSPS) is 6.94. The lowest BCUT2D eigenvalue weighted by atomic mass is 10.3. The first-order chi connectivity index (χ1) is 7.77. The van der Waals surface area contributed by atoms with Crippen molar-refractivity contribution in [2.45, 2.75) is 48.5 Å². The van der Waals surface area contributed by atoms with Crippen LogP contribution in [0.3, 0.4) is 0 Å². The minimum Gasteiger partial charge on any atom is -0.242 e. The number of rotatable bonds is 2. The van der Waals surface area contributed by atoms with E-state index in [9.17, 15) is 0 Å². The van der Waals surface area contributed by atoms with Gasteiger partial charge >= 0.3 is 0 Å². The minimum atomic E-state index is 0.942. The van der Waals surface area contributed by atoms with Crippen LogP contribution in [0.5, 0.6) is 0 Å². The smallest absolute Gasteiger partial charge is 0.0907 e. The molecular weight excluding hydrogens is 214 g/mol. The van der Waals surface area contributed by atoms with E-state index in [-0.39, 0.29) is 0 Å². The SMILES string of the molecule is C=Cc1nc(C)sc1C=C.CC.CC.CC. The highest BCUT2D eigenvalue weighted by Gasteiger charge is 1.99. The Morgan fingerprint density at radius 1 is 0.938 bits per heavy atom. The van der Waals surface area contributed by atoms with Gasteiger partial charge in [-0.3, -0.25) is 0 Å². The van der Waals surface area contributed by atoms with Crippen LogP contribution < -0.4 is 0 Å². The molecule has 1 rings (SSSR count). The summed E-state index contributed by atoms with van der Waals surface area (Å²) >= 11 is 1.64. The third-order valence-electron chi connectivity index (χ3n) is 1.17. The van der Waals surface area contributed by atoms with E-state index in [0.29, 0.717) is 0 Å². The minimum absolute atomic E-state index is 0.942. The van der Waals surface area contributed by atoms with E-state index in [4.69, 9.17) is 0 Å². The number of aryl methyl sites for hydroxylation is 1. The van der Waals surface area contributed by atoms with Crippen molar-refractivity contribution in [2.75, 3.05) is 0 Å². The Kier molecular flexibility index (Phi) is 21.2. The molecule has 0 fully saturated rings. The number of nitrogens with zero attached hydrogens (tertiary/aromatic N) is 1. The maximum atomic E-state index is 4.23. The fourth-order valence-electron chi connectivity index (χ4n) is 0.751. The second-order valence-electron chi connectivity index (χ2n) is 1.89. The molecular formula is C14H27NS. The van der Waals surface area contributed by atoms with Gasteiger partial charge in [0.25, 0.3) is 0 Å². The molecule has 0 bridgehead atoms. The van der Waals surface area contributed by atoms with Crippen molar-refractivity contribution in [1.29, 1.82) is 0 Å². The van der Waals surface area contributed by atoms with E-state index in [1.54, 1.807) is 17.4 Å². The second kappa shape index (κ2) is 16.5. The van der Waals surface area contributed by atoms with Crippen LogP contribution in [0.1, 0.15) is 57.1 Å². The van der Waals surface area contributed by atoms with Gasteiger partial charge in [-0.15, -0.1) is 11.3 Å². The molecule has 0 N–H and O–H groups in total. The molecule has 0 unspecified atom stereocenters. The molecule has 1 aromatic rings. The fourth-order valence-corrected chi connectivity index (χ4v) is 1.53. The maximum Gasteiger partial charge on any atom is 0.0907 e. The molecule has 2 heteroatoms. The topological polar surface area (TPSA) is 12.9 Å². The van der Waals surface area contributed by atoms with Gasteiger partial charge < -0.3 is 0 Å². The molecule has 0 saturated carbocycles. The predicted molar refractivity (Wildman–Crippen MR) is 81.1 cm³/mol. The molecule has 1 heterocycles. The fraction of sp³-hybridized carbons (Fsp3) is 0.500. The summed E-state index contributed by atoms with van der Waals surface area (Å²) in [6, 6.07) is 0. The Morgan fingerprint density at radius 3 is 1.62 bits per heavy atom. The van der Waals surface area contributed by atoms with Crippen molar-refractivity contribution < 1.29 is 0 Å². The number of hydrogen-bond donors (Lipinski definition) is 0. The summed E-state index contributed by atoms with van der Waals surface area (Å²) in [4.78, 5) is 5.33. The van der Waals surface area contributed by atoms with Gasteiger partial charge in [-0.2, -0.15) is 0 Å². The van der Waals surface area contributed by atoms with Crippen LogP contribution in [0.2, 0.25) is 0 Å². The third kappa shape index (κ3) is 8.42. The first-order valence-electron chi connectivity index (χ1n) is 6.00. The zero-order valence-corrected chi connectivity index (χ0v) is 12.7. The van der Waals surface area contributed by atoms with Crippen LogP contribution in [0, 0.1) is 6.92 Å². The highest BCUT2D eigenvalue weighted by Crippen LogP contribution is 2.19. The molecule has 94 valence electrons. The van der Waals surface area contributed by atoms with Gasteiger partial charge in [0.05, 0.1) is 15.6 Å². The summed E-state index contributed by atoms with van der Waals surface area (Å²) in [7, 11) is 0. The molecule has 0 aromatic carbocycles.